The Morgan fingerprint density at radius 1 is 1.22 bits per heavy atom. The van der Waals surface area contributed by atoms with Crippen molar-refractivity contribution in [3.05, 3.63) is 75.9 Å². The molecule has 166 valence electrons. The van der Waals surface area contributed by atoms with Gasteiger partial charge in [-0.05, 0) is 60.2 Å². The number of aryl methyl sites for hydroxylation is 1. The van der Waals surface area contributed by atoms with E-state index in [0.29, 0.717) is 6.54 Å². The van der Waals surface area contributed by atoms with Crippen molar-refractivity contribution in [2.75, 3.05) is 13.1 Å². The van der Waals surface area contributed by atoms with Crippen molar-refractivity contribution in [3.63, 3.8) is 0 Å². The minimum absolute atomic E-state index is 0.152. The van der Waals surface area contributed by atoms with Crippen LogP contribution in [0.3, 0.4) is 0 Å². The number of aromatic nitrogens is 1. The van der Waals surface area contributed by atoms with Crippen LogP contribution in [0.1, 0.15) is 28.8 Å². The normalized spacial score (nSPS) is 17.8. The second-order valence-corrected chi connectivity index (χ2v) is 8.57. The Hall–Kier alpha value is -3.09. The number of amides is 1. The van der Waals surface area contributed by atoms with E-state index >= 15 is 0 Å². The molecule has 0 radical (unpaired) electrons. The molecular formula is C25H26ClN3O3. The van der Waals surface area contributed by atoms with Gasteiger partial charge in [-0.2, -0.15) is 0 Å². The average molecular weight is 452 g/mol. The van der Waals surface area contributed by atoms with Gasteiger partial charge in [0.05, 0.1) is 11.1 Å². The molecule has 1 aromatic heterocycles. The number of hydrogen-bond acceptors (Lipinski definition) is 3. The van der Waals surface area contributed by atoms with Crippen molar-refractivity contribution in [2.45, 2.75) is 32.4 Å². The smallest absolute Gasteiger partial charge is 0.290 e. The Balaban J connectivity index is 0.000000775. The molecule has 2 aliphatic rings. The fourth-order valence-electron chi connectivity index (χ4n) is 4.51. The van der Waals surface area contributed by atoms with Crippen molar-refractivity contribution in [3.8, 4) is 0 Å². The summed E-state index contributed by atoms with van der Waals surface area (Å²) in [6.45, 7) is 3.92. The molecule has 0 saturated carbocycles. The van der Waals surface area contributed by atoms with E-state index in [1.54, 1.807) is 0 Å². The van der Waals surface area contributed by atoms with Crippen LogP contribution in [0.4, 0.5) is 0 Å². The first-order valence-corrected chi connectivity index (χ1v) is 11.0. The van der Waals surface area contributed by atoms with Gasteiger partial charge in [-0.15, -0.1) is 0 Å². The molecular weight excluding hydrogens is 426 g/mol. The first kappa shape index (κ1) is 22.1. The fraction of sp³-hybridized carbons (Fsp3) is 0.280. The molecule has 0 fully saturated rings. The Morgan fingerprint density at radius 3 is 2.75 bits per heavy atom. The van der Waals surface area contributed by atoms with E-state index in [-0.39, 0.29) is 18.4 Å². The van der Waals surface area contributed by atoms with Gasteiger partial charge in [0, 0.05) is 36.2 Å². The van der Waals surface area contributed by atoms with Gasteiger partial charge < -0.3 is 20.3 Å². The Bertz CT molecular complexity index is 1180. The number of H-pyrrole nitrogens is 1. The number of nitrogens with zero attached hydrogens (tertiary/aromatic N) is 1. The number of carboxylic acid groups (broad SMARTS) is 1. The second-order valence-electron chi connectivity index (χ2n) is 8.16. The van der Waals surface area contributed by atoms with Crippen LogP contribution in [-0.4, -0.2) is 46.5 Å². The van der Waals surface area contributed by atoms with Crippen LogP contribution in [0.5, 0.6) is 0 Å². The molecule has 0 aliphatic carbocycles. The van der Waals surface area contributed by atoms with E-state index < -0.39 is 0 Å². The van der Waals surface area contributed by atoms with Crippen molar-refractivity contribution < 1.29 is 14.7 Å². The summed E-state index contributed by atoms with van der Waals surface area (Å²) in [4.78, 5) is 26.9. The number of aromatic amines is 1. The Morgan fingerprint density at radius 2 is 1.97 bits per heavy atom. The molecule has 0 spiro atoms. The molecule has 5 rings (SSSR count). The summed E-state index contributed by atoms with van der Waals surface area (Å²) in [5.41, 5.74) is 6.95. The average Bonchev–Trinajstić information content (AvgIpc) is 3.20. The number of rotatable bonds is 2. The van der Waals surface area contributed by atoms with Gasteiger partial charge in [-0.1, -0.05) is 41.9 Å². The monoisotopic (exact) mass is 451 g/mol. The number of hydrogen-bond donors (Lipinski definition) is 3. The zero-order valence-electron chi connectivity index (χ0n) is 17.9. The third kappa shape index (κ3) is 4.56. The summed E-state index contributed by atoms with van der Waals surface area (Å²) in [5.74, 6) is 0.188. The fourth-order valence-corrected chi connectivity index (χ4v) is 4.78. The number of halogens is 1. The molecule has 7 heteroatoms. The van der Waals surface area contributed by atoms with Crippen LogP contribution in [0.25, 0.3) is 16.5 Å². The van der Waals surface area contributed by atoms with Gasteiger partial charge in [-0.25, -0.2) is 0 Å². The summed E-state index contributed by atoms with van der Waals surface area (Å²) in [7, 11) is 0. The minimum atomic E-state index is -0.250. The van der Waals surface area contributed by atoms with Crippen LogP contribution < -0.4 is 5.32 Å². The highest BCUT2D eigenvalue weighted by Crippen LogP contribution is 2.31. The third-order valence-corrected chi connectivity index (χ3v) is 6.35. The molecule has 0 saturated heterocycles. The molecule has 3 N–H and O–H groups in total. The lowest BCUT2D eigenvalue weighted by Crippen LogP contribution is -2.50. The zero-order chi connectivity index (χ0) is 22.7. The lowest BCUT2D eigenvalue weighted by molar-refractivity contribution is -0.133. The lowest BCUT2D eigenvalue weighted by Gasteiger charge is -2.33. The van der Waals surface area contributed by atoms with Crippen molar-refractivity contribution in [2.24, 2.45) is 0 Å². The Labute approximate surface area is 191 Å². The number of benzene rings is 2. The summed E-state index contributed by atoms with van der Waals surface area (Å²) in [6.07, 6.45) is 3.86. The van der Waals surface area contributed by atoms with Crippen molar-refractivity contribution >= 4 is 40.5 Å². The maximum absolute atomic E-state index is 13.2. The predicted octanol–water partition coefficient (Wildman–Crippen LogP) is 4.16. The highest BCUT2D eigenvalue weighted by Gasteiger charge is 2.29. The molecule has 1 amide bonds. The largest absolute Gasteiger partial charge is 0.483 e. The second kappa shape index (κ2) is 9.59. The molecule has 1 atom stereocenters. The topological polar surface area (TPSA) is 85.4 Å². The molecule has 3 heterocycles. The van der Waals surface area contributed by atoms with Crippen LogP contribution in [0.15, 0.2) is 48.5 Å². The summed E-state index contributed by atoms with van der Waals surface area (Å²) in [6, 6.07) is 14.4. The SMILES string of the molecule is Cc1cc2c(Cl)cc(C3=CCCN(C(=O)C4Cc5ccccc5CN4)C3)cc2[nH]1.O=CO. The van der Waals surface area contributed by atoms with Gasteiger partial charge in [0.25, 0.3) is 6.47 Å². The van der Waals surface area contributed by atoms with Gasteiger partial charge in [0.2, 0.25) is 5.91 Å². The standard InChI is InChI=1S/C24H24ClN3O.CH2O2/c1-15-9-20-21(25)10-19(12-22(20)27-15)18-7-4-8-28(14-18)24(29)23-11-16-5-2-3-6-17(16)13-26-23;2-1-3/h2-3,5-7,9-10,12,23,26-27H,4,8,11,13-14H2,1H3;1H,(H,2,3). The maximum Gasteiger partial charge on any atom is 0.290 e. The lowest BCUT2D eigenvalue weighted by atomic mass is 9.94. The Kier molecular flexibility index (Phi) is 6.63. The highest BCUT2D eigenvalue weighted by molar-refractivity contribution is 6.35. The quantitative estimate of drug-likeness (QED) is 0.511. The molecule has 0 bridgehead atoms. The zero-order valence-corrected chi connectivity index (χ0v) is 18.7. The van der Waals surface area contributed by atoms with Gasteiger partial charge >= 0.3 is 0 Å². The van der Waals surface area contributed by atoms with Gasteiger partial charge in [0.1, 0.15) is 0 Å². The minimum Gasteiger partial charge on any atom is -0.483 e. The number of carbonyl (C=O) groups excluding carboxylic acids is 1. The van der Waals surface area contributed by atoms with Crippen LogP contribution in [-0.2, 0) is 22.6 Å². The van der Waals surface area contributed by atoms with E-state index in [1.807, 2.05) is 17.9 Å². The van der Waals surface area contributed by atoms with E-state index in [9.17, 15) is 4.79 Å². The summed E-state index contributed by atoms with van der Waals surface area (Å²) >= 11 is 6.53. The van der Waals surface area contributed by atoms with Gasteiger partial charge in [-0.3, -0.25) is 9.59 Å². The first-order valence-electron chi connectivity index (χ1n) is 10.6. The van der Waals surface area contributed by atoms with Crippen molar-refractivity contribution in [1.29, 1.82) is 0 Å². The maximum atomic E-state index is 13.2. The van der Waals surface area contributed by atoms with Crippen LogP contribution in [0, 0.1) is 6.92 Å². The molecule has 1 unspecified atom stereocenters. The molecule has 32 heavy (non-hydrogen) atoms. The van der Waals surface area contributed by atoms with E-state index in [1.165, 1.54) is 11.1 Å². The highest BCUT2D eigenvalue weighted by atomic mass is 35.5. The van der Waals surface area contributed by atoms with Crippen LogP contribution >= 0.6 is 11.6 Å². The summed E-state index contributed by atoms with van der Waals surface area (Å²) in [5, 5.41) is 12.1. The molecule has 3 aromatic rings. The summed E-state index contributed by atoms with van der Waals surface area (Å²) < 4.78 is 0. The van der Waals surface area contributed by atoms with Gasteiger partial charge in [0.15, 0.2) is 0 Å². The van der Waals surface area contributed by atoms with E-state index in [2.05, 4.69) is 52.8 Å². The number of nitrogens with one attached hydrogen (secondary N) is 2. The number of carbonyl (C=O) groups is 2. The van der Waals surface area contributed by atoms with E-state index in [4.69, 9.17) is 21.5 Å². The first-order chi connectivity index (χ1) is 15.5. The van der Waals surface area contributed by atoms with E-state index in [0.717, 1.165) is 58.7 Å². The molecule has 2 aliphatic heterocycles. The third-order valence-electron chi connectivity index (χ3n) is 6.04. The van der Waals surface area contributed by atoms with Crippen LogP contribution in [0.2, 0.25) is 5.02 Å². The molecule has 2 aromatic carbocycles. The predicted molar refractivity (Wildman–Crippen MR) is 127 cm³/mol. The molecule has 6 nitrogen and oxygen atoms in total. The number of fused-ring (bicyclic) bond motifs is 2. The van der Waals surface area contributed by atoms with Crippen molar-refractivity contribution in [1.82, 2.24) is 15.2 Å².